The van der Waals surface area contributed by atoms with Gasteiger partial charge in [-0.1, -0.05) is 13.8 Å². The number of methoxy groups -OCH3 is 1. The molecule has 19 heavy (non-hydrogen) atoms. The fraction of sp³-hybridized carbons (Fsp3) is 0.571. The Hall–Kier alpha value is -1.62. The van der Waals surface area contributed by atoms with Crippen molar-refractivity contribution in [3.63, 3.8) is 0 Å². The van der Waals surface area contributed by atoms with E-state index >= 15 is 0 Å². The zero-order valence-electron chi connectivity index (χ0n) is 11.7. The van der Waals surface area contributed by atoms with Gasteiger partial charge in [-0.25, -0.2) is 4.98 Å². The summed E-state index contributed by atoms with van der Waals surface area (Å²) in [7, 11) is 1.78. The van der Waals surface area contributed by atoms with Crippen molar-refractivity contribution in [1.82, 2.24) is 14.6 Å². The molecule has 0 aromatic carbocycles. The van der Waals surface area contributed by atoms with Crippen molar-refractivity contribution in [3.8, 4) is 0 Å². The molecule has 0 saturated carbocycles. The van der Waals surface area contributed by atoms with Crippen LogP contribution in [0.3, 0.4) is 0 Å². The Bertz CT molecular complexity index is 578. The molecule has 1 atom stereocenters. The SMILES string of the molecule is CO[C@H]1CCN(c2cc(C(C)C)nc3ccnn23)C1. The Balaban J connectivity index is 2.04. The van der Waals surface area contributed by atoms with E-state index in [0.717, 1.165) is 36.7 Å². The highest BCUT2D eigenvalue weighted by atomic mass is 16.5. The minimum absolute atomic E-state index is 0.321. The number of rotatable bonds is 3. The lowest BCUT2D eigenvalue weighted by atomic mass is 10.1. The highest BCUT2D eigenvalue weighted by molar-refractivity contribution is 5.52. The molecule has 3 rings (SSSR count). The van der Waals surface area contributed by atoms with Gasteiger partial charge in [-0.15, -0.1) is 0 Å². The normalized spacial score (nSPS) is 19.8. The zero-order chi connectivity index (χ0) is 13.4. The number of hydrogen-bond acceptors (Lipinski definition) is 4. The van der Waals surface area contributed by atoms with Crippen LogP contribution in [0.1, 0.15) is 31.9 Å². The molecule has 2 aromatic rings. The molecule has 102 valence electrons. The molecule has 1 saturated heterocycles. The molecular weight excluding hydrogens is 240 g/mol. The first-order valence-electron chi connectivity index (χ1n) is 6.81. The molecule has 3 heterocycles. The smallest absolute Gasteiger partial charge is 0.157 e. The van der Waals surface area contributed by atoms with Crippen molar-refractivity contribution in [1.29, 1.82) is 0 Å². The second kappa shape index (κ2) is 4.81. The van der Waals surface area contributed by atoms with Gasteiger partial charge in [0.05, 0.1) is 12.3 Å². The predicted octanol–water partition coefficient (Wildman–Crippen LogP) is 2.08. The van der Waals surface area contributed by atoms with Gasteiger partial charge in [0.25, 0.3) is 0 Å². The molecular formula is C14H20N4O. The van der Waals surface area contributed by atoms with E-state index in [0.29, 0.717) is 12.0 Å². The number of nitrogens with zero attached hydrogens (tertiary/aromatic N) is 4. The molecule has 0 bridgehead atoms. The van der Waals surface area contributed by atoms with Crippen molar-refractivity contribution in [3.05, 3.63) is 24.0 Å². The van der Waals surface area contributed by atoms with E-state index in [-0.39, 0.29) is 0 Å². The molecule has 2 aromatic heterocycles. The third-order valence-electron chi connectivity index (χ3n) is 3.75. The summed E-state index contributed by atoms with van der Waals surface area (Å²) in [5.41, 5.74) is 2.03. The summed E-state index contributed by atoms with van der Waals surface area (Å²) in [4.78, 5) is 6.98. The van der Waals surface area contributed by atoms with Crippen LogP contribution < -0.4 is 4.90 Å². The summed E-state index contributed by atoms with van der Waals surface area (Å²) in [5.74, 6) is 1.54. The molecule has 0 radical (unpaired) electrons. The Morgan fingerprint density at radius 2 is 2.26 bits per heavy atom. The lowest BCUT2D eigenvalue weighted by molar-refractivity contribution is 0.121. The van der Waals surface area contributed by atoms with Gasteiger partial charge >= 0.3 is 0 Å². The Morgan fingerprint density at radius 1 is 1.42 bits per heavy atom. The Labute approximate surface area is 113 Å². The van der Waals surface area contributed by atoms with Crippen LogP contribution in [-0.4, -0.2) is 40.9 Å². The van der Waals surface area contributed by atoms with Crippen molar-refractivity contribution in [2.75, 3.05) is 25.1 Å². The van der Waals surface area contributed by atoms with Gasteiger partial charge < -0.3 is 9.64 Å². The first kappa shape index (κ1) is 12.4. The van der Waals surface area contributed by atoms with Crippen LogP contribution in [0.5, 0.6) is 0 Å². The molecule has 0 amide bonds. The summed E-state index contributed by atoms with van der Waals surface area (Å²) >= 11 is 0. The minimum atomic E-state index is 0.321. The lowest BCUT2D eigenvalue weighted by Crippen LogP contribution is -2.25. The lowest BCUT2D eigenvalue weighted by Gasteiger charge is -2.20. The summed E-state index contributed by atoms with van der Waals surface area (Å²) in [6.07, 6.45) is 3.19. The standard InChI is InChI=1S/C14H20N4O/c1-10(2)12-8-14(17-7-5-11(9-17)19-3)18-13(16-12)4-6-15-18/h4,6,8,10-11H,5,7,9H2,1-3H3/t11-/m0/s1. The Kier molecular flexibility index (Phi) is 3.14. The maximum atomic E-state index is 5.45. The molecule has 1 aliphatic rings. The summed E-state index contributed by atoms with van der Waals surface area (Å²) in [6.45, 7) is 6.27. The van der Waals surface area contributed by atoms with Crippen LogP contribution in [0.2, 0.25) is 0 Å². The maximum absolute atomic E-state index is 5.45. The van der Waals surface area contributed by atoms with E-state index in [4.69, 9.17) is 4.74 Å². The van der Waals surface area contributed by atoms with Gasteiger partial charge in [0.2, 0.25) is 0 Å². The van der Waals surface area contributed by atoms with Crippen LogP contribution in [0, 0.1) is 0 Å². The second-order valence-electron chi connectivity index (χ2n) is 5.39. The van der Waals surface area contributed by atoms with Gasteiger partial charge in [0.15, 0.2) is 5.65 Å². The van der Waals surface area contributed by atoms with Crippen molar-refractivity contribution < 1.29 is 4.74 Å². The molecule has 0 N–H and O–H groups in total. The van der Waals surface area contributed by atoms with E-state index in [1.807, 2.05) is 10.6 Å². The second-order valence-corrected chi connectivity index (χ2v) is 5.39. The monoisotopic (exact) mass is 260 g/mol. The zero-order valence-corrected chi connectivity index (χ0v) is 11.7. The molecule has 0 unspecified atom stereocenters. The number of ether oxygens (including phenoxy) is 1. The van der Waals surface area contributed by atoms with E-state index in [1.54, 1.807) is 13.3 Å². The molecule has 1 aliphatic heterocycles. The van der Waals surface area contributed by atoms with Crippen LogP contribution >= 0.6 is 0 Å². The largest absolute Gasteiger partial charge is 0.380 e. The average Bonchev–Trinajstić information content (AvgIpc) is 3.06. The van der Waals surface area contributed by atoms with Gasteiger partial charge in [0, 0.05) is 38.0 Å². The quantitative estimate of drug-likeness (QED) is 0.847. The van der Waals surface area contributed by atoms with Crippen LogP contribution in [0.15, 0.2) is 18.3 Å². The van der Waals surface area contributed by atoms with Crippen LogP contribution in [0.4, 0.5) is 5.82 Å². The summed E-state index contributed by atoms with van der Waals surface area (Å²) < 4.78 is 7.37. The van der Waals surface area contributed by atoms with Gasteiger partial charge in [0.1, 0.15) is 5.82 Å². The summed E-state index contributed by atoms with van der Waals surface area (Å²) in [5, 5.41) is 4.39. The van der Waals surface area contributed by atoms with Crippen LogP contribution in [-0.2, 0) is 4.74 Å². The number of aromatic nitrogens is 3. The molecule has 0 spiro atoms. The predicted molar refractivity (Wildman–Crippen MR) is 74.7 cm³/mol. The third kappa shape index (κ3) is 2.18. The Morgan fingerprint density at radius 3 is 2.95 bits per heavy atom. The van der Waals surface area contributed by atoms with Gasteiger partial charge in [-0.2, -0.15) is 9.61 Å². The van der Waals surface area contributed by atoms with Gasteiger partial charge in [-0.05, 0) is 12.3 Å². The molecule has 5 nitrogen and oxygen atoms in total. The highest BCUT2D eigenvalue weighted by Gasteiger charge is 2.25. The average molecular weight is 260 g/mol. The number of fused-ring (bicyclic) bond motifs is 1. The number of anilines is 1. The van der Waals surface area contributed by atoms with Crippen molar-refractivity contribution in [2.24, 2.45) is 0 Å². The topological polar surface area (TPSA) is 42.7 Å². The minimum Gasteiger partial charge on any atom is -0.380 e. The molecule has 5 heteroatoms. The van der Waals surface area contributed by atoms with Crippen molar-refractivity contribution >= 4 is 11.5 Å². The van der Waals surface area contributed by atoms with E-state index in [1.165, 1.54) is 0 Å². The van der Waals surface area contributed by atoms with Crippen LogP contribution in [0.25, 0.3) is 5.65 Å². The first-order chi connectivity index (χ1) is 9.19. The first-order valence-corrected chi connectivity index (χ1v) is 6.81. The maximum Gasteiger partial charge on any atom is 0.157 e. The van der Waals surface area contributed by atoms with E-state index in [2.05, 4.69) is 34.9 Å². The fourth-order valence-electron chi connectivity index (χ4n) is 2.57. The summed E-state index contributed by atoms with van der Waals surface area (Å²) in [6, 6.07) is 4.11. The van der Waals surface area contributed by atoms with E-state index in [9.17, 15) is 0 Å². The van der Waals surface area contributed by atoms with Gasteiger partial charge in [-0.3, -0.25) is 0 Å². The van der Waals surface area contributed by atoms with E-state index < -0.39 is 0 Å². The van der Waals surface area contributed by atoms with Crippen molar-refractivity contribution in [2.45, 2.75) is 32.3 Å². The third-order valence-corrected chi connectivity index (χ3v) is 3.75. The highest BCUT2D eigenvalue weighted by Crippen LogP contribution is 2.25. The fourth-order valence-corrected chi connectivity index (χ4v) is 2.57. The molecule has 1 fully saturated rings. The number of hydrogen-bond donors (Lipinski definition) is 0. The molecule has 0 aliphatic carbocycles.